The van der Waals surface area contributed by atoms with Gasteiger partial charge in [-0.15, -0.1) is 0 Å². The predicted octanol–water partition coefficient (Wildman–Crippen LogP) is 13.3. The Morgan fingerprint density at radius 2 is 0.945 bits per heavy atom. The van der Waals surface area contributed by atoms with Crippen LogP contribution in [0.1, 0.15) is 43.2 Å². The number of nitrogens with zero attached hydrogens (tertiary/aromatic N) is 3. The van der Waals surface area contributed by atoms with Gasteiger partial charge in [0.15, 0.2) is 0 Å². The zero-order valence-electron chi connectivity index (χ0n) is 30.8. The average molecular weight is 708 g/mol. The summed E-state index contributed by atoms with van der Waals surface area (Å²) >= 11 is 0. The molecule has 4 aliphatic carbocycles. The fourth-order valence-corrected chi connectivity index (χ4v) is 11.8. The molecule has 0 radical (unpaired) electrons. The largest absolute Gasteiger partial charge is 0.310 e. The van der Waals surface area contributed by atoms with Crippen molar-refractivity contribution < 1.29 is 0 Å². The zero-order valence-corrected chi connectivity index (χ0v) is 30.8. The Hall–Kier alpha value is -6.06. The van der Waals surface area contributed by atoms with Crippen LogP contribution in [0.15, 0.2) is 164 Å². The van der Waals surface area contributed by atoms with E-state index in [0.29, 0.717) is 11.8 Å². The monoisotopic (exact) mass is 707 g/mol. The summed E-state index contributed by atoms with van der Waals surface area (Å²) in [5.41, 5.74) is 15.4. The molecule has 0 saturated heterocycles. The number of aromatic nitrogens is 2. The first-order valence-corrected chi connectivity index (χ1v) is 20.2. The Labute approximate surface area is 322 Å². The van der Waals surface area contributed by atoms with Crippen molar-refractivity contribution in [3.05, 3.63) is 175 Å². The molecule has 2 heterocycles. The van der Waals surface area contributed by atoms with E-state index in [4.69, 9.17) is 9.97 Å². The van der Waals surface area contributed by atoms with Gasteiger partial charge < -0.3 is 4.90 Å². The Morgan fingerprint density at radius 1 is 0.418 bits per heavy atom. The predicted molar refractivity (Wildman–Crippen MR) is 226 cm³/mol. The Bertz CT molecular complexity index is 2760. The molecule has 1 aromatic heterocycles. The Balaban J connectivity index is 0.994. The van der Waals surface area contributed by atoms with Gasteiger partial charge in [-0.25, -0.2) is 9.97 Å². The minimum absolute atomic E-state index is 0.0766. The van der Waals surface area contributed by atoms with E-state index in [1.54, 1.807) is 11.1 Å². The van der Waals surface area contributed by atoms with Gasteiger partial charge in [0.25, 0.3) is 0 Å². The van der Waals surface area contributed by atoms with Gasteiger partial charge in [0, 0.05) is 22.2 Å². The molecule has 13 rings (SSSR count). The number of fused-ring (bicyclic) bond motifs is 4. The Kier molecular flexibility index (Phi) is 6.81. The molecule has 4 saturated carbocycles. The lowest BCUT2D eigenvalue weighted by molar-refractivity contribution is -0.0419. The maximum absolute atomic E-state index is 5.18. The zero-order chi connectivity index (χ0) is 36.1. The maximum Gasteiger partial charge on any atom is 0.0973 e. The van der Waals surface area contributed by atoms with Crippen molar-refractivity contribution >= 4 is 38.9 Å². The topological polar surface area (TPSA) is 29.0 Å². The number of benzene rings is 7. The first-order chi connectivity index (χ1) is 27.2. The number of rotatable bonds is 4. The molecule has 4 fully saturated rings. The Morgan fingerprint density at radius 3 is 1.65 bits per heavy atom. The summed E-state index contributed by atoms with van der Waals surface area (Å²) in [6.07, 6.45) is 6.95. The summed E-state index contributed by atoms with van der Waals surface area (Å²) in [5, 5.41) is 2.41. The number of hydrogen-bond donors (Lipinski definition) is 0. The summed E-state index contributed by atoms with van der Waals surface area (Å²) in [4.78, 5) is 12.9. The van der Waals surface area contributed by atoms with E-state index in [0.717, 1.165) is 45.4 Å². The molecule has 7 aromatic carbocycles. The normalized spacial score (nSPS) is 23.3. The van der Waals surface area contributed by atoms with Crippen LogP contribution in [0.25, 0.3) is 55.4 Å². The van der Waals surface area contributed by atoms with Gasteiger partial charge in [0.05, 0.1) is 33.8 Å². The van der Waals surface area contributed by atoms with Crippen LogP contribution in [-0.4, -0.2) is 9.97 Å². The van der Waals surface area contributed by atoms with Gasteiger partial charge >= 0.3 is 0 Å². The number of para-hydroxylation sites is 4. The van der Waals surface area contributed by atoms with Gasteiger partial charge in [0.2, 0.25) is 0 Å². The molecule has 8 aromatic rings. The SMILES string of the molecule is c1ccc(-c2nc3ccccc3nc2-c2ccc3cc(-c4ccc5c(c4)N(c4ccccc4)c4ccccc4C54C5CC6CC(C5)CC4C6)ccc3c2)cc1. The third-order valence-electron chi connectivity index (χ3n) is 13.8. The van der Waals surface area contributed by atoms with Crippen LogP contribution in [0.5, 0.6) is 0 Å². The third-order valence-corrected chi connectivity index (χ3v) is 13.8. The van der Waals surface area contributed by atoms with E-state index in [1.165, 1.54) is 71.1 Å². The van der Waals surface area contributed by atoms with Gasteiger partial charge in [-0.2, -0.15) is 0 Å². The van der Waals surface area contributed by atoms with Gasteiger partial charge in [-0.3, -0.25) is 0 Å². The van der Waals surface area contributed by atoms with E-state index in [9.17, 15) is 0 Å². The van der Waals surface area contributed by atoms with Crippen LogP contribution in [0.4, 0.5) is 17.1 Å². The highest BCUT2D eigenvalue weighted by molar-refractivity contribution is 5.95. The molecular formula is C52H41N3. The second-order valence-electron chi connectivity index (χ2n) is 16.6. The van der Waals surface area contributed by atoms with Crippen molar-refractivity contribution in [3.63, 3.8) is 0 Å². The smallest absolute Gasteiger partial charge is 0.0973 e. The summed E-state index contributed by atoms with van der Waals surface area (Å²) in [5.74, 6) is 3.23. The molecule has 3 heteroatoms. The second-order valence-corrected chi connectivity index (χ2v) is 16.6. The lowest BCUT2D eigenvalue weighted by Crippen LogP contribution is -2.57. The molecule has 0 atom stereocenters. The number of anilines is 3. The molecule has 1 spiro atoms. The van der Waals surface area contributed by atoms with Crippen molar-refractivity contribution in [1.29, 1.82) is 0 Å². The molecule has 3 nitrogen and oxygen atoms in total. The van der Waals surface area contributed by atoms with Gasteiger partial charge in [0.1, 0.15) is 0 Å². The second kappa shape index (κ2) is 12.0. The molecule has 0 N–H and O–H groups in total. The van der Waals surface area contributed by atoms with E-state index in [-0.39, 0.29) is 5.41 Å². The molecule has 1 aliphatic heterocycles. The van der Waals surface area contributed by atoms with Crippen molar-refractivity contribution in [2.45, 2.75) is 37.5 Å². The molecular weight excluding hydrogens is 667 g/mol. The van der Waals surface area contributed by atoms with Crippen molar-refractivity contribution in [1.82, 2.24) is 9.97 Å². The van der Waals surface area contributed by atoms with E-state index in [2.05, 4.69) is 144 Å². The molecule has 0 amide bonds. The lowest BCUT2D eigenvalue weighted by Gasteiger charge is -2.64. The molecule has 4 bridgehead atoms. The first-order valence-electron chi connectivity index (χ1n) is 20.2. The fourth-order valence-electron chi connectivity index (χ4n) is 11.8. The third kappa shape index (κ3) is 4.69. The van der Waals surface area contributed by atoms with Crippen LogP contribution in [0.2, 0.25) is 0 Å². The highest BCUT2D eigenvalue weighted by Crippen LogP contribution is 2.69. The van der Waals surface area contributed by atoms with Crippen LogP contribution in [-0.2, 0) is 5.41 Å². The molecule has 0 unspecified atom stereocenters. The summed E-state index contributed by atoms with van der Waals surface area (Å²) in [6, 6.07) is 60.2. The van der Waals surface area contributed by atoms with Crippen molar-refractivity contribution in [2.24, 2.45) is 23.7 Å². The molecule has 55 heavy (non-hydrogen) atoms. The maximum atomic E-state index is 5.18. The quantitative estimate of drug-likeness (QED) is 0.182. The van der Waals surface area contributed by atoms with Crippen molar-refractivity contribution in [3.8, 4) is 33.6 Å². The summed E-state index contributed by atoms with van der Waals surface area (Å²) in [6.45, 7) is 0. The summed E-state index contributed by atoms with van der Waals surface area (Å²) in [7, 11) is 0. The van der Waals surface area contributed by atoms with E-state index >= 15 is 0 Å². The van der Waals surface area contributed by atoms with Gasteiger partial charge in [-0.05, 0) is 137 Å². The standard InChI is InChI=1S/C52H41N3/c1-3-11-35(12-4-1)50-51(54-47-17-9-8-16-46(47)53-50)40-22-21-36-30-37(19-20-38(36)31-40)39-23-24-45-49(32-39)55(43-13-5-2-6-14-43)48-18-10-7-15-44(48)52(45)41-26-33-25-34(28-41)29-42(52)27-33/h1-24,30-34,41-42H,25-29H2. The minimum Gasteiger partial charge on any atom is -0.310 e. The highest BCUT2D eigenvalue weighted by Gasteiger charge is 2.61. The minimum atomic E-state index is 0.0766. The van der Waals surface area contributed by atoms with Crippen molar-refractivity contribution in [2.75, 3.05) is 4.90 Å². The molecule has 264 valence electrons. The van der Waals surface area contributed by atoms with E-state index < -0.39 is 0 Å². The summed E-state index contributed by atoms with van der Waals surface area (Å²) < 4.78 is 0. The lowest BCUT2D eigenvalue weighted by atomic mass is 9.41. The first kappa shape index (κ1) is 31.3. The van der Waals surface area contributed by atoms with Gasteiger partial charge in [-0.1, -0.05) is 115 Å². The van der Waals surface area contributed by atoms with Crippen LogP contribution >= 0.6 is 0 Å². The molecule has 5 aliphatic rings. The number of hydrogen-bond acceptors (Lipinski definition) is 3. The van der Waals surface area contributed by atoms with Crippen LogP contribution < -0.4 is 4.90 Å². The fraction of sp³-hybridized carbons (Fsp3) is 0.192. The van der Waals surface area contributed by atoms with Crippen LogP contribution in [0.3, 0.4) is 0 Å². The van der Waals surface area contributed by atoms with Crippen LogP contribution in [0, 0.1) is 23.7 Å². The highest BCUT2D eigenvalue weighted by atomic mass is 15.2. The van der Waals surface area contributed by atoms with E-state index in [1.807, 2.05) is 24.3 Å². The average Bonchev–Trinajstić information content (AvgIpc) is 3.24.